The second-order valence-electron chi connectivity index (χ2n) is 10.1. The standard InChI is InChI=1S/C27H56NO5P/c1-5-6-7-8-9-10-11-12-13-14-15-16-18-21-31-24-27(23-26(2)29)25-33-34(30)32-22-19-17-20-28(3)4/h27,30H,5-25H2,1-4H3/p+1. The zero-order valence-corrected chi connectivity index (χ0v) is 23.8. The molecule has 0 aliphatic heterocycles. The normalized spacial score (nSPS) is 13.5. The smallest absolute Gasteiger partial charge is 0.329 e. The van der Waals surface area contributed by atoms with Gasteiger partial charge in [-0.25, -0.2) is 0 Å². The van der Waals surface area contributed by atoms with E-state index >= 15 is 0 Å². The lowest BCUT2D eigenvalue weighted by Gasteiger charge is -2.18. The highest BCUT2D eigenvalue weighted by Gasteiger charge is 2.16. The Kier molecular flexibility index (Phi) is 25.9. The molecule has 6 nitrogen and oxygen atoms in total. The minimum Gasteiger partial charge on any atom is -0.381 e. The van der Waals surface area contributed by atoms with E-state index in [4.69, 9.17) is 13.8 Å². The Bertz CT molecular complexity index is 439. The molecule has 0 aromatic rings. The van der Waals surface area contributed by atoms with Crippen molar-refractivity contribution in [2.75, 3.05) is 47.1 Å². The van der Waals surface area contributed by atoms with E-state index in [-0.39, 0.29) is 11.7 Å². The number of quaternary nitrogens is 1. The lowest BCUT2D eigenvalue weighted by atomic mass is 10.0. The van der Waals surface area contributed by atoms with Crippen molar-refractivity contribution in [3.8, 4) is 0 Å². The highest BCUT2D eigenvalue weighted by molar-refractivity contribution is 7.40. The molecule has 204 valence electrons. The Morgan fingerprint density at radius 1 is 0.765 bits per heavy atom. The van der Waals surface area contributed by atoms with E-state index in [0.717, 1.165) is 32.4 Å². The summed E-state index contributed by atoms with van der Waals surface area (Å²) in [5.41, 5.74) is 0. The van der Waals surface area contributed by atoms with E-state index in [1.165, 1.54) is 81.9 Å². The molecule has 0 heterocycles. The third-order valence-corrected chi connectivity index (χ3v) is 6.79. The number of ketones is 1. The largest absolute Gasteiger partial charge is 0.381 e. The summed E-state index contributed by atoms with van der Waals surface area (Å²) < 4.78 is 16.7. The van der Waals surface area contributed by atoms with E-state index < -0.39 is 8.60 Å². The summed E-state index contributed by atoms with van der Waals surface area (Å²) in [4.78, 5) is 22.9. The highest BCUT2D eigenvalue weighted by atomic mass is 31.2. The summed E-state index contributed by atoms with van der Waals surface area (Å²) in [6, 6.07) is 0. The number of ether oxygens (including phenoxy) is 1. The summed E-state index contributed by atoms with van der Waals surface area (Å²) in [5.74, 6) is 0.0881. The number of carbonyl (C=O) groups is 1. The van der Waals surface area contributed by atoms with Gasteiger partial charge in [-0.1, -0.05) is 84.0 Å². The summed E-state index contributed by atoms with van der Waals surface area (Å²) in [6.45, 7) is 6.96. The monoisotopic (exact) mass is 506 g/mol. The van der Waals surface area contributed by atoms with E-state index in [0.29, 0.717) is 26.2 Å². The molecule has 2 N–H and O–H groups in total. The molecule has 0 aromatic heterocycles. The Morgan fingerprint density at radius 2 is 1.29 bits per heavy atom. The number of rotatable bonds is 27. The molecule has 0 aliphatic carbocycles. The zero-order valence-electron chi connectivity index (χ0n) is 23.0. The van der Waals surface area contributed by atoms with Crippen molar-refractivity contribution in [2.24, 2.45) is 5.92 Å². The molecule has 2 unspecified atom stereocenters. The van der Waals surface area contributed by atoms with Crippen molar-refractivity contribution in [3.63, 3.8) is 0 Å². The van der Waals surface area contributed by atoms with Gasteiger partial charge in [-0.2, -0.15) is 0 Å². The SMILES string of the molecule is CCCCCCCCCCCCCCCOCC(COP(O)OCCCC[NH+](C)C)CC(C)=O. The molecule has 0 bridgehead atoms. The first-order valence-corrected chi connectivity index (χ1v) is 15.2. The number of hydrogen-bond donors (Lipinski definition) is 2. The quantitative estimate of drug-likeness (QED) is 0.108. The van der Waals surface area contributed by atoms with Gasteiger partial charge in [0, 0.05) is 18.9 Å². The zero-order chi connectivity index (χ0) is 25.3. The third kappa shape index (κ3) is 26.5. The fourth-order valence-corrected chi connectivity index (χ4v) is 4.67. The molecule has 0 fully saturated rings. The number of Topliss-reactive ketones (excluding diaryl/α,β-unsaturated/α-hetero) is 1. The minimum atomic E-state index is -1.88. The predicted octanol–water partition coefficient (Wildman–Crippen LogP) is 5.87. The van der Waals surface area contributed by atoms with Gasteiger partial charge in [-0.3, -0.25) is 0 Å². The molecule has 2 atom stereocenters. The maximum absolute atomic E-state index is 11.6. The van der Waals surface area contributed by atoms with E-state index in [1.807, 2.05) is 0 Å². The van der Waals surface area contributed by atoms with Gasteiger partial charge in [0.2, 0.25) is 0 Å². The maximum atomic E-state index is 11.6. The van der Waals surface area contributed by atoms with Crippen LogP contribution in [-0.4, -0.2) is 57.7 Å². The Hall–Kier alpha value is -0.100. The summed E-state index contributed by atoms with van der Waals surface area (Å²) >= 11 is 0. The van der Waals surface area contributed by atoms with Gasteiger partial charge in [-0.15, -0.1) is 0 Å². The van der Waals surface area contributed by atoms with Crippen molar-refractivity contribution in [1.29, 1.82) is 0 Å². The fraction of sp³-hybridized carbons (Fsp3) is 0.963. The van der Waals surface area contributed by atoms with E-state index in [2.05, 4.69) is 21.0 Å². The summed E-state index contributed by atoms with van der Waals surface area (Å²) in [7, 11) is 2.37. The lowest BCUT2D eigenvalue weighted by molar-refractivity contribution is -0.858. The average molecular weight is 507 g/mol. The second-order valence-corrected chi connectivity index (χ2v) is 11.1. The first kappa shape index (κ1) is 33.9. The van der Waals surface area contributed by atoms with Gasteiger partial charge in [0.25, 0.3) is 0 Å². The van der Waals surface area contributed by atoms with Gasteiger partial charge in [0.05, 0.1) is 40.5 Å². The van der Waals surface area contributed by atoms with Crippen LogP contribution >= 0.6 is 8.60 Å². The Balaban J connectivity index is 3.64. The second kappa shape index (κ2) is 26.0. The van der Waals surface area contributed by atoms with Crippen LogP contribution in [0.15, 0.2) is 0 Å². The Labute approximate surface area is 212 Å². The highest BCUT2D eigenvalue weighted by Crippen LogP contribution is 2.33. The first-order valence-electron chi connectivity index (χ1n) is 14.1. The predicted molar refractivity (Wildman–Crippen MR) is 143 cm³/mol. The topological polar surface area (TPSA) is 69.4 Å². The first-order chi connectivity index (χ1) is 16.5. The number of nitrogens with one attached hydrogen (secondary N) is 1. The summed E-state index contributed by atoms with van der Waals surface area (Å²) in [5, 5.41) is 0. The minimum absolute atomic E-state index is 0.0300. The fourth-order valence-electron chi connectivity index (χ4n) is 3.97. The van der Waals surface area contributed by atoms with Crippen LogP contribution in [0.1, 0.15) is 117 Å². The van der Waals surface area contributed by atoms with Crippen molar-refractivity contribution in [3.05, 3.63) is 0 Å². The van der Waals surface area contributed by atoms with Crippen LogP contribution in [0.5, 0.6) is 0 Å². The van der Waals surface area contributed by atoms with Gasteiger partial charge >= 0.3 is 8.60 Å². The molecule has 0 aromatic carbocycles. The van der Waals surface area contributed by atoms with Crippen LogP contribution in [0.3, 0.4) is 0 Å². The number of unbranched alkanes of at least 4 members (excludes halogenated alkanes) is 13. The lowest BCUT2D eigenvalue weighted by Crippen LogP contribution is -3.05. The van der Waals surface area contributed by atoms with E-state index in [1.54, 1.807) is 6.92 Å². The van der Waals surface area contributed by atoms with Gasteiger partial charge < -0.3 is 28.4 Å². The van der Waals surface area contributed by atoms with Crippen molar-refractivity contribution >= 4 is 14.4 Å². The van der Waals surface area contributed by atoms with Crippen molar-refractivity contribution < 1.29 is 28.4 Å². The number of hydrogen-bond acceptors (Lipinski definition) is 5. The molecule has 7 heteroatoms. The number of carbonyl (C=O) groups excluding carboxylic acids is 1. The van der Waals surface area contributed by atoms with Gasteiger partial charge in [0.1, 0.15) is 5.78 Å². The average Bonchev–Trinajstić information content (AvgIpc) is 2.79. The van der Waals surface area contributed by atoms with Crippen LogP contribution in [0.25, 0.3) is 0 Å². The third-order valence-electron chi connectivity index (χ3n) is 6.02. The molecule has 0 radical (unpaired) electrons. The van der Waals surface area contributed by atoms with Crippen LogP contribution in [0, 0.1) is 5.92 Å². The van der Waals surface area contributed by atoms with Crippen LogP contribution in [-0.2, 0) is 18.6 Å². The maximum Gasteiger partial charge on any atom is 0.329 e. The van der Waals surface area contributed by atoms with Crippen LogP contribution in [0.4, 0.5) is 0 Å². The molecule has 34 heavy (non-hydrogen) atoms. The van der Waals surface area contributed by atoms with Crippen molar-refractivity contribution in [1.82, 2.24) is 0 Å². The molecule has 0 amide bonds. The molecular weight excluding hydrogens is 449 g/mol. The Morgan fingerprint density at radius 3 is 1.82 bits per heavy atom. The molecule has 0 aliphatic rings. The van der Waals surface area contributed by atoms with E-state index in [9.17, 15) is 9.69 Å². The molecule has 0 rings (SSSR count). The van der Waals surface area contributed by atoms with Crippen LogP contribution < -0.4 is 4.90 Å². The molecular formula is C27H57NO5P+. The molecule has 0 saturated carbocycles. The van der Waals surface area contributed by atoms with Crippen molar-refractivity contribution in [2.45, 2.75) is 117 Å². The summed E-state index contributed by atoms with van der Waals surface area (Å²) in [6.07, 6.45) is 19.8. The molecule has 0 spiro atoms. The molecule has 0 saturated heterocycles. The van der Waals surface area contributed by atoms with Gasteiger partial charge in [0.15, 0.2) is 0 Å². The van der Waals surface area contributed by atoms with Crippen LogP contribution in [0.2, 0.25) is 0 Å². The van der Waals surface area contributed by atoms with Gasteiger partial charge in [-0.05, 0) is 26.2 Å².